The summed E-state index contributed by atoms with van der Waals surface area (Å²) in [5.41, 5.74) is 1.87. The van der Waals surface area contributed by atoms with Gasteiger partial charge in [-0.3, -0.25) is 14.4 Å². The van der Waals surface area contributed by atoms with Gasteiger partial charge in [0.15, 0.2) is 5.69 Å². The fourth-order valence-electron chi connectivity index (χ4n) is 2.67. The van der Waals surface area contributed by atoms with Crippen molar-refractivity contribution >= 4 is 29.1 Å². The summed E-state index contributed by atoms with van der Waals surface area (Å²) in [6.45, 7) is 1.65. The van der Waals surface area contributed by atoms with E-state index in [1.54, 1.807) is 31.2 Å². The van der Waals surface area contributed by atoms with E-state index in [0.717, 1.165) is 0 Å². The molecule has 0 aliphatic rings. The van der Waals surface area contributed by atoms with Crippen molar-refractivity contribution in [1.82, 2.24) is 15.3 Å². The van der Waals surface area contributed by atoms with Gasteiger partial charge in [0.05, 0.1) is 6.33 Å². The van der Waals surface area contributed by atoms with Gasteiger partial charge >= 0.3 is 0 Å². The zero-order valence-corrected chi connectivity index (χ0v) is 15.7. The van der Waals surface area contributed by atoms with Gasteiger partial charge in [0, 0.05) is 24.0 Å². The molecule has 8 nitrogen and oxygen atoms in total. The highest BCUT2D eigenvalue weighted by atomic mass is 19.1. The maximum absolute atomic E-state index is 13.2. The molecule has 0 bridgehead atoms. The average Bonchev–Trinajstić information content (AvgIpc) is 3.19. The lowest BCUT2D eigenvalue weighted by atomic mass is 10.1. The van der Waals surface area contributed by atoms with Crippen molar-refractivity contribution in [3.8, 4) is 0 Å². The standard InChI is InChI=1S/C20H18FN5O3/c1-11-9-12(21)3-8-15(11)18(27)25-13-4-6-14(7-5-13)26-20(29)17-16(19(28)22-2)23-10-24-17/h3-10H,1-2H3,(H,22,28)(H,23,24)(H,25,27)(H,26,29). The topological polar surface area (TPSA) is 116 Å². The number of benzene rings is 2. The number of imidazole rings is 1. The first kappa shape index (κ1) is 19.7. The molecule has 0 fully saturated rings. The van der Waals surface area contributed by atoms with Crippen molar-refractivity contribution in [3.05, 3.63) is 77.1 Å². The zero-order valence-electron chi connectivity index (χ0n) is 15.7. The molecule has 1 heterocycles. The average molecular weight is 395 g/mol. The number of hydrogen-bond acceptors (Lipinski definition) is 4. The monoisotopic (exact) mass is 395 g/mol. The fourth-order valence-corrected chi connectivity index (χ4v) is 2.67. The van der Waals surface area contributed by atoms with Crippen LogP contribution in [0.4, 0.5) is 15.8 Å². The largest absolute Gasteiger partial charge is 0.354 e. The zero-order chi connectivity index (χ0) is 21.0. The van der Waals surface area contributed by atoms with Gasteiger partial charge < -0.3 is 20.9 Å². The van der Waals surface area contributed by atoms with Crippen LogP contribution < -0.4 is 16.0 Å². The van der Waals surface area contributed by atoms with Gasteiger partial charge in [-0.05, 0) is 55.0 Å². The van der Waals surface area contributed by atoms with Crippen molar-refractivity contribution < 1.29 is 18.8 Å². The molecule has 0 saturated heterocycles. The fraction of sp³-hybridized carbons (Fsp3) is 0.100. The van der Waals surface area contributed by atoms with Crippen LogP contribution in [0, 0.1) is 12.7 Å². The number of aromatic nitrogens is 2. The van der Waals surface area contributed by atoms with E-state index in [-0.39, 0.29) is 17.3 Å². The molecule has 0 aliphatic carbocycles. The van der Waals surface area contributed by atoms with Crippen LogP contribution in [0.2, 0.25) is 0 Å². The summed E-state index contributed by atoms with van der Waals surface area (Å²) in [5.74, 6) is -1.79. The highest BCUT2D eigenvalue weighted by Crippen LogP contribution is 2.17. The second-order valence-electron chi connectivity index (χ2n) is 6.15. The molecule has 0 radical (unpaired) electrons. The normalized spacial score (nSPS) is 10.3. The predicted molar refractivity (Wildman–Crippen MR) is 105 cm³/mol. The molecule has 3 amide bonds. The minimum Gasteiger partial charge on any atom is -0.354 e. The van der Waals surface area contributed by atoms with Gasteiger partial charge in [-0.15, -0.1) is 0 Å². The molecule has 0 aliphatic heterocycles. The Kier molecular flexibility index (Phi) is 5.68. The van der Waals surface area contributed by atoms with Gasteiger partial charge in [0.1, 0.15) is 11.5 Å². The number of nitrogens with zero attached hydrogens (tertiary/aromatic N) is 1. The van der Waals surface area contributed by atoms with Crippen LogP contribution in [-0.4, -0.2) is 34.7 Å². The molecular weight excluding hydrogens is 377 g/mol. The maximum Gasteiger partial charge on any atom is 0.276 e. The first-order valence-electron chi connectivity index (χ1n) is 8.63. The van der Waals surface area contributed by atoms with E-state index in [0.29, 0.717) is 22.5 Å². The second kappa shape index (κ2) is 8.34. The summed E-state index contributed by atoms with van der Waals surface area (Å²) in [6, 6.07) is 10.3. The number of carbonyl (C=O) groups is 3. The van der Waals surface area contributed by atoms with Crippen molar-refractivity contribution in [1.29, 1.82) is 0 Å². The van der Waals surface area contributed by atoms with Gasteiger partial charge in [0.25, 0.3) is 17.7 Å². The Labute approximate surface area is 165 Å². The van der Waals surface area contributed by atoms with Gasteiger partial charge in [0.2, 0.25) is 0 Å². The number of amides is 3. The molecule has 2 aromatic carbocycles. The number of H-pyrrole nitrogens is 1. The molecule has 3 rings (SSSR count). The minimum atomic E-state index is -0.552. The summed E-state index contributed by atoms with van der Waals surface area (Å²) >= 11 is 0. The molecule has 1 aromatic heterocycles. The molecule has 0 atom stereocenters. The molecular formula is C20H18FN5O3. The Hall–Kier alpha value is -4.01. The van der Waals surface area contributed by atoms with Crippen molar-refractivity contribution in [3.63, 3.8) is 0 Å². The lowest BCUT2D eigenvalue weighted by molar-refractivity contribution is 0.0943. The van der Waals surface area contributed by atoms with E-state index < -0.39 is 17.6 Å². The minimum absolute atomic E-state index is 0.0338. The van der Waals surface area contributed by atoms with Crippen LogP contribution in [0.25, 0.3) is 0 Å². The third-order valence-electron chi connectivity index (χ3n) is 4.14. The van der Waals surface area contributed by atoms with Crippen molar-refractivity contribution in [2.75, 3.05) is 17.7 Å². The number of halogens is 1. The second-order valence-corrected chi connectivity index (χ2v) is 6.15. The summed E-state index contributed by atoms with van der Waals surface area (Å²) in [4.78, 5) is 42.9. The van der Waals surface area contributed by atoms with Gasteiger partial charge in [-0.1, -0.05) is 0 Å². The quantitative estimate of drug-likeness (QED) is 0.531. The molecule has 148 valence electrons. The number of anilines is 2. The molecule has 4 N–H and O–H groups in total. The lowest BCUT2D eigenvalue weighted by Crippen LogP contribution is -2.23. The van der Waals surface area contributed by atoms with Crippen molar-refractivity contribution in [2.24, 2.45) is 0 Å². The van der Waals surface area contributed by atoms with E-state index in [1.165, 1.54) is 31.6 Å². The maximum atomic E-state index is 13.2. The van der Waals surface area contributed by atoms with Crippen LogP contribution in [0.1, 0.15) is 36.9 Å². The first-order chi connectivity index (χ1) is 13.9. The number of nitrogens with one attached hydrogen (secondary N) is 4. The van der Waals surface area contributed by atoms with E-state index in [9.17, 15) is 18.8 Å². The third-order valence-corrected chi connectivity index (χ3v) is 4.14. The molecule has 29 heavy (non-hydrogen) atoms. The number of carbonyl (C=O) groups excluding carboxylic acids is 3. The first-order valence-corrected chi connectivity index (χ1v) is 8.63. The summed E-state index contributed by atoms with van der Waals surface area (Å²) in [5, 5.41) is 7.77. The molecule has 0 saturated carbocycles. The van der Waals surface area contributed by atoms with Crippen LogP contribution in [0.5, 0.6) is 0 Å². The number of rotatable bonds is 5. The van der Waals surface area contributed by atoms with Crippen molar-refractivity contribution in [2.45, 2.75) is 6.92 Å². The Balaban J connectivity index is 1.67. The van der Waals surface area contributed by atoms with Gasteiger partial charge in [-0.2, -0.15) is 0 Å². The smallest absolute Gasteiger partial charge is 0.276 e. The van der Waals surface area contributed by atoms with Crippen LogP contribution in [0.3, 0.4) is 0 Å². The predicted octanol–water partition coefficient (Wildman–Crippen LogP) is 2.72. The molecule has 0 unspecified atom stereocenters. The van der Waals surface area contributed by atoms with E-state index in [2.05, 4.69) is 25.9 Å². The van der Waals surface area contributed by atoms with Gasteiger partial charge in [-0.25, -0.2) is 9.37 Å². The number of aromatic amines is 1. The van der Waals surface area contributed by atoms with E-state index in [1.807, 2.05) is 0 Å². The Morgan fingerprint density at radius 2 is 1.55 bits per heavy atom. The van der Waals surface area contributed by atoms with Crippen LogP contribution in [-0.2, 0) is 0 Å². The highest BCUT2D eigenvalue weighted by molar-refractivity contribution is 6.10. The molecule has 0 spiro atoms. The summed E-state index contributed by atoms with van der Waals surface area (Å²) in [7, 11) is 1.45. The Bertz CT molecular complexity index is 1080. The number of aryl methyl sites for hydroxylation is 1. The Morgan fingerprint density at radius 1 is 0.931 bits per heavy atom. The highest BCUT2D eigenvalue weighted by Gasteiger charge is 2.19. The molecule has 9 heteroatoms. The van der Waals surface area contributed by atoms with E-state index in [4.69, 9.17) is 0 Å². The lowest BCUT2D eigenvalue weighted by Gasteiger charge is -2.09. The van der Waals surface area contributed by atoms with Crippen LogP contribution >= 0.6 is 0 Å². The third kappa shape index (κ3) is 4.46. The SMILES string of the molecule is CNC(=O)c1[nH]cnc1C(=O)Nc1ccc(NC(=O)c2ccc(F)cc2C)cc1. The van der Waals surface area contributed by atoms with E-state index >= 15 is 0 Å². The van der Waals surface area contributed by atoms with Crippen LogP contribution in [0.15, 0.2) is 48.8 Å². The Morgan fingerprint density at radius 3 is 2.14 bits per heavy atom. The molecule has 3 aromatic rings. The summed E-state index contributed by atoms with van der Waals surface area (Å²) in [6.07, 6.45) is 1.26. The summed E-state index contributed by atoms with van der Waals surface area (Å²) < 4.78 is 13.2. The number of hydrogen-bond donors (Lipinski definition) is 4.